The number of fused-ring (bicyclic) bond motifs is 1. The summed E-state index contributed by atoms with van der Waals surface area (Å²) >= 11 is 1.23. The van der Waals surface area contributed by atoms with Crippen LogP contribution < -0.4 is 5.32 Å². The molecular weight excluding hydrogens is 420 g/mol. The molecule has 0 aliphatic carbocycles. The van der Waals surface area contributed by atoms with Crippen LogP contribution in [0.1, 0.15) is 33.2 Å². The van der Waals surface area contributed by atoms with Gasteiger partial charge in [0.25, 0.3) is 17.5 Å². The Bertz CT molecular complexity index is 1220. The third-order valence-corrected chi connectivity index (χ3v) is 5.63. The highest BCUT2D eigenvalue weighted by molar-refractivity contribution is 7.14. The molecule has 31 heavy (non-hydrogen) atoms. The number of nitro groups is 1. The van der Waals surface area contributed by atoms with E-state index in [4.69, 9.17) is 0 Å². The molecule has 4 rings (SSSR count). The Balaban J connectivity index is 1.44. The van der Waals surface area contributed by atoms with Crippen molar-refractivity contribution in [2.45, 2.75) is 13.3 Å². The average molecular weight is 436 g/mol. The first-order chi connectivity index (χ1) is 14.9. The summed E-state index contributed by atoms with van der Waals surface area (Å²) < 4.78 is 0. The van der Waals surface area contributed by atoms with Crippen molar-refractivity contribution in [2.75, 3.05) is 11.9 Å². The van der Waals surface area contributed by atoms with E-state index in [1.165, 1.54) is 23.0 Å². The lowest BCUT2D eigenvalue weighted by atomic mass is 10.1. The maximum atomic E-state index is 12.5. The molecule has 0 atom stereocenters. The second kappa shape index (κ2) is 8.07. The van der Waals surface area contributed by atoms with E-state index in [0.717, 1.165) is 29.0 Å². The van der Waals surface area contributed by atoms with Crippen LogP contribution in [0, 0.1) is 10.1 Å². The second-order valence-corrected chi connectivity index (χ2v) is 7.68. The lowest BCUT2D eigenvalue weighted by Gasteiger charge is -2.12. The van der Waals surface area contributed by atoms with Crippen molar-refractivity contribution >= 4 is 39.9 Å². The molecule has 1 aliphatic rings. The quantitative estimate of drug-likeness (QED) is 0.358. The molecule has 2 heterocycles. The highest BCUT2D eigenvalue weighted by Crippen LogP contribution is 2.28. The zero-order chi connectivity index (χ0) is 22.1. The normalized spacial score (nSPS) is 12.7. The molecule has 1 aromatic heterocycles. The van der Waals surface area contributed by atoms with Crippen molar-refractivity contribution in [1.82, 2.24) is 9.88 Å². The minimum absolute atomic E-state index is 0.0375. The van der Waals surface area contributed by atoms with Gasteiger partial charge in [-0.1, -0.05) is 31.2 Å². The van der Waals surface area contributed by atoms with Crippen molar-refractivity contribution in [3.05, 3.63) is 74.6 Å². The number of nitrogens with zero attached hydrogens (tertiary/aromatic N) is 3. The zero-order valence-electron chi connectivity index (χ0n) is 16.3. The lowest BCUT2D eigenvalue weighted by molar-refractivity contribution is -0.384. The Labute approximate surface area is 180 Å². The molecule has 3 aromatic rings. The summed E-state index contributed by atoms with van der Waals surface area (Å²) in [6.07, 6.45) is 0.934. The van der Waals surface area contributed by atoms with Crippen molar-refractivity contribution in [3.63, 3.8) is 0 Å². The number of anilines is 1. The molecular formula is C21H16N4O5S. The van der Waals surface area contributed by atoms with E-state index in [9.17, 15) is 24.5 Å². The van der Waals surface area contributed by atoms with Gasteiger partial charge in [-0.2, -0.15) is 0 Å². The molecule has 0 saturated heterocycles. The van der Waals surface area contributed by atoms with Gasteiger partial charge in [-0.15, -0.1) is 11.3 Å². The largest absolute Gasteiger partial charge is 0.300 e. The van der Waals surface area contributed by atoms with E-state index in [-0.39, 0.29) is 16.8 Å². The number of imide groups is 1. The molecule has 1 aliphatic heterocycles. The van der Waals surface area contributed by atoms with Gasteiger partial charge < -0.3 is 5.32 Å². The summed E-state index contributed by atoms with van der Waals surface area (Å²) in [6.45, 7) is 1.56. The van der Waals surface area contributed by atoms with Crippen LogP contribution in [-0.4, -0.2) is 39.1 Å². The zero-order valence-corrected chi connectivity index (χ0v) is 17.1. The molecule has 156 valence electrons. The molecule has 0 unspecified atom stereocenters. The van der Waals surface area contributed by atoms with Crippen LogP contribution in [0.2, 0.25) is 0 Å². The van der Waals surface area contributed by atoms with E-state index in [0.29, 0.717) is 10.8 Å². The molecule has 0 saturated carbocycles. The standard InChI is InChI=1S/C21H16N4O5S/c1-2-12-3-5-13(6-4-12)17-11-31-21(22-17)23-18(26)10-24-19(27)15-8-7-14(25(29)30)9-16(15)20(24)28/h3-9,11H,2,10H2,1H3,(H,22,23,26). The number of rotatable bonds is 6. The Hall–Kier alpha value is -3.92. The molecule has 1 N–H and O–H groups in total. The monoisotopic (exact) mass is 436 g/mol. The maximum Gasteiger partial charge on any atom is 0.270 e. The average Bonchev–Trinajstić information content (AvgIpc) is 3.32. The Kier molecular flexibility index (Phi) is 5.30. The van der Waals surface area contributed by atoms with Crippen LogP contribution in [0.4, 0.5) is 10.8 Å². The molecule has 3 amide bonds. The van der Waals surface area contributed by atoms with E-state index < -0.39 is 29.2 Å². The number of amides is 3. The molecule has 10 heteroatoms. The topological polar surface area (TPSA) is 123 Å². The van der Waals surface area contributed by atoms with Crippen molar-refractivity contribution in [3.8, 4) is 11.3 Å². The maximum absolute atomic E-state index is 12.5. The molecule has 0 radical (unpaired) electrons. The van der Waals surface area contributed by atoms with Crippen LogP contribution in [0.25, 0.3) is 11.3 Å². The van der Waals surface area contributed by atoms with Gasteiger partial charge in [0.1, 0.15) is 6.54 Å². The first-order valence-corrected chi connectivity index (χ1v) is 10.2. The highest BCUT2D eigenvalue weighted by Gasteiger charge is 2.37. The minimum Gasteiger partial charge on any atom is -0.300 e. The Morgan fingerprint density at radius 1 is 1.13 bits per heavy atom. The van der Waals surface area contributed by atoms with E-state index in [1.807, 2.05) is 24.3 Å². The molecule has 0 fully saturated rings. The summed E-state index contributed by atoms with van der Waals surface area (Å²) in [5.74, 6) is -2.00. The van der Waals surface area contributed by atoms with Crippen molar-refractivity contribution in [2.24, 2.45) is 0 Å². The summed E-state index contributed by atoms with van der Waals surface area (Å²) in [6, 6.07) is 11.4. The fourth-order valence-corrected chi connectivity index (χ4v) is 3.95. The smallest absolute Gasteiger partial charge is 0.270 e. The van der Waals surface area contributed by atoms with Gasteiger partial charge >= 0.3 is 0 Å². The van der Waals surface area contributed by atoms with Crippen molar-refractivity contribution in [1.29, 1.82) is 0 Å². The Morgan fingerprint density at radius 3 is 2.52 bits per heavy atom. The number of hydrogen-bond donors (Lipinski definition) is 1. The van der Waals surface area contributed by atoms with Crippen LogP contribution in [0.3, 0.4) is 0 Å². The van der Waals surface area contributed by atoms with Crippen molar-refractivity contribution < 1.29 is 19.3 Å². The summed E-state index contributed by atoms with van der Waals surface area (Å²) in [4.78, 5) is 52.8. The molecule has 0 bridgehead atoms. The van der Waals surface area contributed by atoms with Gasteiger partial charge in [0.05, 0.1) is 21.7 Å². The van der Waals surface area contributed by atoms with Crippen LogP contribution in [-0.2, 0) is 11.2 Å². The fourth-order valence-electron chi connectivity index (χ4n) is 3.21. The number of hydrogen-bond acceptors (Lipinski definition) is 7. The summed E-state index contributed by atoms with van der Waals surface area (Å²) in [5.41, 5.74) is 2.48. The number of carbonyl (C=O) groups is 3. The molecule has 0 spiro atoms. The first kappa shape index (κ1) is 20.4. The predicted octanol–water partition coefficient (Wildman–Crippen LogP) is 3.52. The van der Waals surface area contributed by atoms with Crippen LogP contribution in [0.5, 0.6) is 0 Å². The number of benzene rings is 2. The highest BCUT2D eigenvalue weighted by atomic mass is 32.1. The number of thiazole rings is 1. The van der Waals surface area contributed by atoms with Gasteiger partial charge in [0, 0.05) is 23.1 Å². The van der Waals surface area contributed by atoms with Crippen LogP contribution >= 0.6 is 11.3 Å². The van der Waals surface area contributed by atoms with Gasteiger partial charge in [0.15, 0.2) is 5.13 Å². The fraction of sp³-hybridized carbons (Fsp3) is 0.143. The lowest BCUT2D eigenvalue weighted by Crippen LogP contribution is -2.37. The number of non-ortho nitro benzene ring substituents is 1. The number of carbonyl (C=O) groups excluding carboxylic acids is 3. The number of aryl methyl sites for hydroxylation is 1. The number of aromatic nitrogens is 1. The first-order valence-electron chi connectivity index (χ1n) is 9.36. The summed E-state index contributed by atoms with van der Waals surface area (Å²) in [5, 5.41) is 15.6. The van der Waals surface area contributed by atoms with Gasteiger partial charge in [-0.25, -0.2) is 4.98 Å². The molecule has 9 nitrogen and oxygen atoms in total. The van der Waals surface area contributed by atoms with E-state index >= 15 is 0 Å². The number of nitrogens with one attached hydrogen (secondary N) is 1. The third kappa shape index (κ3) is 3.92. The van der Waals surface area contributed by atoms with Crippen LogP contribution in [0.15, 0.2) is 47.8 Å². The SMILES string of the molecule is CCc1ccc(-c2csc(NC(=O)CN3C(=O)c4ccc([N+](=O)[O-])cc4C3=O)n2)cc1. The number of nitro benzene ring substituents is 1. The second-order valence-electron chi connectivity index (χ2n) is 6.82. The predicted molar refractivity (Wildman–Crippen MR) is 114 cm³/mol. The minimum atomic E-state index is -0.741. The third-order valence-electron chi connectivity index (χ3n) is 4.88. The van der Waals surface area contributed by atoms with E-state index in [1.54, 1.807) is 5.38 Å². The van der Waals surface area contributed by atoms with E-state index in [2.05, 4.69) is 17.2 Å². The Morgan fingerprint density at radius 2 is 1.84 bits per heavy atom. The molecule has 2 aromatic carbocycles. The van der Waals surface area contributed by atoms with Gasteiger partial charge in [-0.3, -0.25) is 29.4 Å². The van der Waals surface area contributed by atoms with Gasteiger partial charge in [0.2, 0.25) is 5.91 Å². The summed E-state index contributed by atoms with van der Waals surface area (Å²) in [7, 11) is 0. The van der Waals surface area contributed by atoms with Gasteiger partial charge in [-0.05, 0) is 18.1 Å².